The first-order valence-corrected chi connectivity index (χ1v) is 6.34. The molecule has 0 saturated heterocycles. The van der Waals surface area contributed by atoms with Crippen LogP contribution in [0.3, 0.4) is 0 Å². The van der Waals surface area contributed by atoms with Crippen molar-refractivity contribution in [2.45, 2.75) is 51.4 Å². The van der Waals surface area contributed by atoms with Crippen LogP contribution in [0, 0.1) is 13.8 Å². The molecule has 0 aliphatic heterocycles. The van der Waals surface area contributed by atoms with E-state index in [1.54, 1.807) is 0 Å². The highest BCUT2D eigenvalue weighted by Crippen LogP contribution is 2.45. The molecular formula is C15H20O2. The van der Waals surface area contributed by atoms with Crippen molar-refractivity contribution in [3.8, 4) is 0 Å². The van der Waals surface area contributed by atoms with Crippen LogP contribution in [-0.4, -0.2) is 11.1 Å². The predicted octanol–water partition coefficient (Wildman–Crippen LogP) is 3.59. The van der Waals surface area contributed by atoms with Gasteiger partial charge in [0.15, 0.2) is 0 Å². The van der Waals surface area contributed by atoms with E-state index in [2.05, 4.69) is 32.0 Å². The number of hydrogen-bond donors (Lipinski definition) is 1. The Morgan fingerprint density at radius 1 is 1.29 bits per heavy atom. The van der Waals surface area contributed by atoms with E-state index in [9.17, 15) is 4.79 Å². The van der Waals surface area contributed by atoms with Gasteiger partial charge in [-0.2, -0.15) is 0 Å². The molecule has 92 valence electrons. The molecule has 0 aromatic heterocycles. The summed E-state index contributed by atoms with van der Waals surface area (Å²) in [6.45, 7) is 4.22. The van der Waals surface area contributed by atoms with Crippen LogP contribution in [0.5, 0.6) is 0 Å². The summed E-state index contributed by atoms with van der Waals surface area (Å²) < 4.78 is 0. The van der Waals surface area contributed by atoms with Crippen molar-refractivity contribution in [1.82, 2.24) is 0 Å². The van der Waals surface area contributed by atoms with Crippen LogP contribution in [0.4, 0.5) is 0 Å². The van der Waals surface area contributed by atoms with Crippen LogP contribution >= 0.6 is 0 Å². The molecule has 0 radical (unpaired) electrons. The summed E-state index contributed by atoms with van der Waals surface area (Å²) in [5, 5.41) is 9.16. The van der Waals surface area contributed by atoms with E-state index in [0.29, 0.717) is 0 Å². The fraction of sp³-hybridized carbons (Fsp3) is 0.533. The topological polar surface area (TPSA) is 37.3 Å². The summed E-state index contributed by atoms with van der Waals surface area (Å²) in [6.07, 6.45) is 4.62. The van der Waals surface area contributed by atoms with Gasteiger partial charge in [-0.25, -0.2) is 0 Å². The minimum absolute atomic E-state index is 0.109. The molecule has 2 nitrogen and oxygen atoms in total. The summed E-state index contributed by atoms with van der Waals surface area (Å²) in [5.74, 6) is -0.673. The summed E-state index contributed by atoms with van der Waals surface area (Å²) in [7, 11) is 0. The Morgan fingerprint density at radius 3 is 2.53 bits per heavy atom. The Kier molecular flexibility index (Phi) is 3.23. The van der Waals surface area contributed by atoms with Crippen molar-refractivity contribution in [3.05, 3.63) is 34.9 Å². The largest absolute Gasteiger partial charge is 0.481 e. The van der Waals surface area contributed by atoms with E-state index < -0.39 is 5.97 Å². The van der Waals surface area contributed by atoms with Gasteiger partial charge in [0, 0.05) is 5.41 Å². The number of carboxylic acids is 1. The summed E-state index contributed by atoms with van der Waals surface area (Å²) in [6, 6.07) is 6.28. The molecule has 1 aliphatic rings. The van der Waals surface area contributed by atoms with Gasteiger partial charge in [-0.1, -0.05) is 31.0 Å². The fourth-order valence-electron chi connectivity index (χ4n) is 3.21. The fourth-order valence-corrected chi connectivity index (χ4v) is 3.21. The maximum atomic E-state index is 11.1. The van der Waals surface area contributed by atoms with Gasteiger partial charge < -0.3 is 5.11 Å². The second kappa shape index (κ2) is 4.52. The molecule has 17 heavy (non-hydrogen) atoms. The van der Waals surface area contributed by atoms with E-state index >= 15 is 0 Å². The maximum absolute atomic E-state index is 11.1. The average molecular weight is 232 g/mol. The monoisotopic (exact) mass is 232 g/mol. The minimum atomic E-state index is -0.673. The summed E-state index contributed by atoms with van der Waals surface area (Å²) in [4.78, 5) is 11.1. The number of aryl methyl sites for hydroxylation is 1. The van der Waals surface area contributed by atoms with Gasteiger partial charge >= 0.3 is 5.97 Å². The molecule has 0 bridgehead atoms. The number of rotatable bonds is 3. The molecule has 1 fully saturated rings. The molecule has 2 heteroatoms. The maximum Gasteiger partial charge on any atom is 0.304 e. The Bertz CT molecular complexity index is 429. The Morgan fingerprint density at radius 2 is 1.94 bits per heavy atom. The van der Waals surface area contributed by atoms with Crippen molar-refractivity contribution in [1.29, 1.82) is 0 Å². The number of aliphatic carboxylic acids is 1. The van der Waals surface area contributed by atoms with Crippen LogP contribution < -0.4 is 0 Å². The molecule has 0 heterocycles. The van der Waals surface area contributed by atoms with Crippen molar-refractivity contribution in [2.75, 3.05) is 0 Å². The molecule has 1 aromatic rings. The van der Waals surface area contributed by atoms with Gasteiger partial charge in [-0.05, 0) is 43.4 Å². The SMILES string of the molecule is Cc1cccc(C2(CC(=O)O)CCCC2)c1C. The van der Waals surface area contributed by atoms with Crippen LogP contribution in [0.25, 0.3) is 0 Å². The van der Waals surface area contributed by atoms with Crippen LogP contribution in [0.15, 0.2) is 18.2 Å². The third-order valence-corrected chi connectivity index (χ3v) is 4.23. The predicted molar refractivity (Wildman–Crippen MR) is 68.3 cm³/mol. The van der Waals surface area contributed by atoms with Gasteiger partial charge in [0.05, 0.1) is 6.42 Å². The van der Waals surface area contributed by atoms with Gasteiger partial charge in [0.1, 0.15) is 0 Å². The lowest BCUT2D eigenvalue weighted by Gasteiger charge is -2.30. The molecule has 0 unspecified atom stereocenters. The van der Waals surface area contributed by atoms with Crippen LogP contribution in [0.1, 0.15) is 48.8 Å². The minimum Gasteiger partial charge on any atom is -0.481 e. The van der Waals surface area contributed by atoms with Crippen molar-refractivity contribution < 1.29 is 9.90 Å². The first kappa shape index (κ1) is 12.2. The first-order valence-electron chi connectivity index (χ1n) is 6.34. The molecule has 1 saturated carbocycles. The Balaban J connectivity index is 2.45. The van der Waals surface area contributed by atoms with Gasteiger partial charge in [0.25, 0.3) is 0 Å². The normalized spacial score (nSPS) is 18.2. The van der Waals surface area contributed by atoms with E-state index in [1.165, 1.54) is 16.7 Å². The number of benzene rings is 1. The van der Waals surface area contributed by atoms with E-state index in [-0.39, 0.29) is 11.8 Å². The highest BCUT2D eigenvalue weighted by atomic mass is 16.4. The van der Waals surface area contributed by atoms with Crippen LogP contribution in [-0.2, 0) is 10.2 Å². The van der Waals surface area contributed by atoms with E-state index in [1.807, 2.05) is 0 Å². The Labute approximate surface area is 103 Å². The molecule has 1 aromatic carbocycles. The van der Waals surface area contributed by atoms with Gasteiger partial charge in [0.2, 0.25) is 0 Å². The summed E-state index contributed by atoms with van der Waals surface area (Å²) in [5.41, 5.74) is 3.69. The second-order valence-electron chi connectivity index (χ2n) is 5.31. The van der Waals surface area contributed by atoms with E-state index in [4.69, 9.17) is 5.11 Å². The first-order chi connectivity index (χ1) is 8.05. The third-order valence-electron chi connectivity index (χ3n) is 4.23. The lowest BCUT2D eigenvalue weighted by atomic mass is 9.73. The highest BCUT2D eigenvalue weighted by Gasteiger charge is 2.38. The molecule has 0 amide bonds. The molecular weight excluding hydrogens is 212 g/mol. The van der Waals surface area contributed by atoms with Gasteiger partial charge in [-0.3, -0.25) is 4.79 Å². The zero-order valence-corrected chi connectivity index (χ0v) is 10.6. The number of hydrogen-bond acceptors (Lipinski definition) is 1. The molecule has 0 spiro atoms. The lowest BCUT2D eigenvalue weighted by molar-refractivity contribution is -0.138. The van der Waals surface area contributed by atoms with E-state index in [0.717, 1.165) is 25.7 Å². The van der Waals surface area contributed by atoms with Crippen molar-refractivity contribution >= 4 is 5.97 Å². The standard InChI is InChI=1S/C15H20O2/c1-11-6-5-7-13(12(11)2)15(10-14(16)17)8-3-4-9-15/h5-7H,3-4,8-10H2,1-2H3,(H,16,17). The highest BCUT2D eigenvalue weighted by molar-refractivity contribution is 5.69. The molecule has 1 N–H and O–H groups in total. The molecule has 2 rings (SSSR count). The average Bonchev–Trinajstić information content (AvgIpc) is 2.70. The Hall–Kier alpha value is -1.31. The summed E-state index contributed by atoms with van der Waals surface area (Å²) >= 11 is 0. The van der Waals surface area contributed by atoms with Crippen molar-refractivity contribution in [2.24, 2.45) is 0 Å². The van der Waals surface area contributed by atoms with Crippen LogP contribution in [0.2, 0.25) is 0 Å². The molecule has 0 atom stereocenters. The third kappa shape index (κ3) is 2.21. The second-order valence-corrected chi connectivity index (χ2v) is 5.31. The van der Waals surface area contributed by atoms with Crippen molar-refractivity contribution in [3.63, 3.8) is 0 Å². The quantitative estimate of drug-likeness (QED) is 0.864. The molecule has 1 aliphatic carbocycles. The lowest BCUT2D eigenvalue weighted by Crippen LogP contribution is -2.27. The number of carbonyl (C=O) groups is 1. The number of carboxylic acid groups (broad SMARTS) is 1. The zero-order valence-electron chi connectivity index (χ0n) is 10.6. The van der Waals surface area contributed by atoms with Gasteiger partial charge in [-0.15, -0.1) is 0 Å². The zero-order chi connectivity index (χ0) is 12.5. The smallest absolute Gasteiger partial charge is 0.304 e.